The Morgan fingerprint density at radius 2 is 2.36 bits per heavy atom. The van der Waals surface area contributed by atoms with Gasteiger partial charge in [-0.15, -0.1) is 0 Å². The summed E-state index contributed by atoms with van der Waals surface area (Å²) >= 11 is 0. The summed E-state index contributed by atoms with van der Waals surface area (Å²) in [4.78, 5) is 17.2. The van der Waals surface area contributed by atoms with Gasteiger partial charge in [0.25, 0.3) is 0 Å². The molecule has 1 aromatic rings. The molecule has 4 heteroatoms. The summed E-state index contributed by atoms with van der Waals surface area (Å²) in [7, 11) is 0. The number of hydrogen-bond donors (Lipinski definition) is 1. The number of aromatic nitrogens is 1. The summed E-state index contributed by atoms with van der Waals surface area (Å²) in [5.74, 6) is 0.571. The number of carbonyl (C=O) groups is 1. The third kappa shape index (κ3) is 1.61. The number of amides is 1. The van der Waals surface area contributed by atoms with Crippen molar-refractivity contribution in [3.63, 3.8) is 0 Å². The van der Waals surface area contributed by atoms with E-state index in [1.54, 1.807) is 6.07 Å². The van der Waals surface area contributed by atoms with Crippen LogP contribution in [0.15, 0.2) is 18.2 Å². The SMILES string of the molecule is Cc1cccc(N2CC(O)CC2=O)n1. The number of nitrogens with zero attached hydrogens (tertiary/aromatic N) is 2. The molecule has 1 atom stereocenters. The van der Waals surface area contributed by atoms with Crippen LogP contribution in [-0.4, -0.2) is 28.6 Å². The average Bonchev–Trinajstić information content (AvgIpc) is 2.45. The summed E-state index contributed by atoms with van der Waals surface area (Å²) in [6.07, 6.45) is -0.347. The fourth-order valence-corrected chi connectivity index (χ4v) is 1.59. The molecule has 1 N–H and O–H groups in total. The maximum atomic E-state index is 11.4. The molecule has 14 heavy (non-hydrogen) atoms. The Balaban J connectivity index is 2.27. The highest BCUT2D eigenvalue weighted by Crippen LogP contribution is 2.19. The minimum atomic E-state index is -0.551. The maximum absolute atomic E-state index is 11.4. The summed E-state index contributed by atoms with van der Waals surface area (Å²) < 4.78 is 0. The van der Waals surface area contributed by atoms with E-state index in [1.807, 2.05) is 19.1 Å². The van der Waals surface area contributed by atoms with Crippen LogP contribution < -0.4 is 4.90 Å². The zero-order valence-corrected chi connectivity index (χ0v) is 7.97. The van der Waals surface area contributed by atoms with Crippen LogP contribution in [0.5, 0.6) is 0 Å². The monoisotopic (exact) mass is 192 g/mol. The third-order valence-corrected chi connectivity index (χ3v) is 2.25. The third-order valence-electron chi connectivity index (χ3n) is 2.25. The van der Waals surface area contributed by atoms with E-state index < -0.39 is 6.10 Å². The van der Waals surface area contributed by atoms with Crippen molar-refractivity contribution >= 4 is 11.7 Å². The molecule has 0 aliphatic carbocycles. The van der Waals surface area contributed by atoms with Crippen molar-refractivity contribution in [3.8, 4) is 0 Å². The quantitative estimate of drug-likeness (QED) is 0.704. The fraction of sp³-hybridized carbons (Fsp3) is 0.400. The molecule has 1 saturated heterocycles. The summed E-state index contributed by atoms with van der Waals surface area (Å²) in [5, 5.41) is 9.31. The van der Waals surface area contributed by atoms with Gasteiger partial charge in [-0.1, -0.05) is 6.07 Å². The van der Waals surface area contributed by atoms with Gasteiger partial charge in [0, 0.05) is 5.69 Å². The molecule has 1 fully saturated rings. The van der Waals surface area contributed by atoms with Crippen LogP contribution >= 0.6 is 0 Å². The highest BCUT2D eigenvalue weighted by Gasteiger charge is 2.29. The van der Waals surface area contributed by atoms with E-state index in [0.29, 0.717) is 12.4 Å². The van der Waals surface area contributed by atoms with Crippen molar-refractivity contribution in [2.75, 3.05) is 11.4 Å². The molecule has 74 valence electrons. The number of rotatable bonds is 1. The molecular formula is C10H12N2O2. The molecule has 0 saturated carbocycles. The summed E-state index contributed by atoms with van der Waals surface area (Å²) in [5.41, 5.74) is 0.872. The number of carbonyl (C=O) groups excluding carboxylic acids is 1. The van der Waals surface area contributed by atoms with Crippen molar-refractivity contribution in [3.05, 3.63) is 23.9 Å². The molecule has 4 nitrogen and oxygen atoms in total. The number of pyridine rings is 1. The van der Waals surface area contributed by atoms with Crippen LogP contribution in [0.2, 0.25) is 0 Å². The van der Waals surface area contributed by atoms with E-state index >= 15 is 0 Å². The Morgan fingerprint density at radius 1 is 1.57 bits per heavy atom. The van der Waals surface area contributed by atoms with Gasteiger partial charge in [0.1, 0.15) is 5.82 Å². The van der Waals surface area contributed by atoms with E-state index in [2.05, 4.69) is 4.98 Å². The second kappa shape index (κ2) is 3.38. The standard InChI is InChI=1S/C10H12N2O2/c1-7-3-2-4-9(11-7)12-6-8(13)5-10(12)14/h2-4,8,13H,5-6H2,1H3. The molecule has 1 aliphatic heterocycles. The zero-order chi connectivity index (χ0) is 10.1. The van der Waals surface area contributed by atoms with Crippen molar-refractivity contribution in [2.24, 2.45) is 0 Å². The number of aryl methyl sites for hydroxylation is 1. The van der Waals surface area contributed by atoms with Gasteiger partial charge < -0.3 is 5.11 Å². The van der Waals surface area contributed by atoms with Crippen LogP contribution in [0.1, 0.15) is 12.1 Å². The number of β-amino-alcohol motifs (C(OH)–C–C–N with tert-alkyl or cyclic N) is 1. The number of anilines is 1. The lowest BCUT2D eigenvalue weighted by Crippen LogP contribution is -2.26. The Labute approximate surface area is 82.2 Å². The molecule has 1 aliphatic rings. The normalized spacial score (nSPS) is 21.7. The van der Waals surface area contributed by atoms with Crippen molar-refractivity contribution in [1.82, 2.24) is 4.98 Å². The molecule has 0 radical (unpaired) electrons. The van der Waals surface area contributed by atoms with E-state index in [0.717, 1.165) is 5.69 Å². The Kier molecular flexibility index (Phi) is 2.21. The first-order chi connectivity index (χ1) is 6.66. The topological polar surface area (TPSA) is 53.4 Å². The Hall–Kier alpha value is -1.42. The van der Waals surface area contributed by atoms with E-state index in [1.165, 1.54) is 4.90 Å². The van der Waals surface area contributed by atoms with Crippen LogP contribution in [0.4, 0.5) is 5.82 Å². The van der Waals surface area contributed by atoms with Gasteiger partial charge in [-0.05, 0) is 19.1 Å². The first-order valence-corrected chi connectivity index (χ1v) is 4.59. The van der Waals surface area contributed by atoms with Crippen LogP contribution in [0.25, 0.3) is 0 Å². The first kappa shape index (κ1) is 9.15. The van der Waals surface area contributed by atoms with Gasteiger partial charge in [0.15, 0.2) is 0 Å². The second-order valence-electron chi connectivity index (χ2n) is 3.50. The number of aliphatic hydroxyl groups is 1. The van der Waals surface area contributed by atoms with E-state index in [9.17, 15) is 9.90 Å². The molecule has 2 heterocycles. The van der Waals surface area contributed by atoms with Crippen molar-refractivity contribution in [1.29, 1.82) is 0 Å². The van der Waals surface area contributed by atoms with Crippen molar-refractivity contribution < 1.29 is 9.90 Å². The lowest BCUT2D eigenvalue weighted by atomic mass is 10.3. The van der Waals surface area contributed by atoms with Crippen LogP contribution in [-0.2, 0) is 4.79 Å². The first-order valence-electron chi connectivity index (χ1n) is 4.59. The van der Waals surface area contributed by atoms with Gasteiger partial charge in [0.2, 0.25) is 5.91 Å². The molecule has 1 amide bonds. The smallest absolute Gasteiger partial charge is 0.230 e. The molecule has 0 bridgehead atoms. The highest BCUT2D eigenvalue weighted by molar-refractivity contribution is 5.95. The van der Waals surface area contributed by atoms with Crippen molar-refractivity contribution in [2.45, 2.75) is 19.4 Å². The lowest BCUT2D eigenvalue weighted by Gasteiger charge is -2.14. The largest absolute Gasteiger partial charge is 0.391 e. The summed E-state index contributed by atoms with van der Waals surface area (Å²) in [6.45, 7) is 2.23. The van der Waals surface area contributed by atoms with Gasteiger partial charge in [0.05, 0.1) is 19.1 Å². The second-order valence-corrected chi connectivity index (χ2v) is 3.50. The predicted octanol–water partition coefficient (Wildman–Crippen LogP) is 0.488. The molecule has 2 rings (SSSR count). The van der Waals surface area contributed by atoms with Gasteiger partial charge in [-0.25, -0.2) is 4.98 Å². The zero-order valence-electron chi connectivity index (χ0n) is 7.97. The average molecular weight is 192 g/mol. The van der Waals surface area contributed by atoms with Gasteiger partial charge in [-0.2, -0.15) is 0 Å². The Bertz CT molecular complexity index is 365. The fourth-order valence-electron chi connectivity index (χ4n) is 1.59. The maximum Gasteiger partial charge on any atom is 0.230 e. The number of hydrogen-bond acceptors (Lipinski definition) is 3. The summed E-state index contributed by atoms with van der Waals surface area (Å²) in [6, 6.07) is 5.51. The Morgan fingerprint density at radius 3 is 2.93 bits per heavy atom. The minimum absolute atomic E-state index is 0.0596. The lowest BCUT2D eigenvalue weighted by molar-refractivity contribution is -0.117. The van der Waals surface area contributed by atoms with E-state index in [4.69, 9.17) is 0 Å². The molecule has 0 spiro atoms. The van der Waals surface area contributed by atoms with E-state index in [-0.39, 0.29) is 12.3 Å². The molecule has 1 aromatic heterocycles. The van der Waals surface area contributed by atoms with Gasteiger partial charge in [-0.3, -0.25) is 9.69 Å². The molecular weight excluding hydrogens is 180 g/mol. The predicted molar refractivity (Wildman–Crippen MR) is 52.0 cm³/mol. The molecule has 0 aromatic carbocycles. The van der Waals surface area contributed by atoms with Crippen LogP contribution in [0.3, 0.4) is 0 Å². The molecule has 1 unspecified atom stereocenters. The number of aliphatic hydroxyl groups excluding tert-OH is 1. The van der Waals surface area contributed by atoms with Gasteiger partial charge >= 0.3 is 0 Å². The minimum Gasteiger partial charge on any atom is -0.391 e. The highest BCUT2D eigenvalue weighted by atomic mass is 16.3. The van der Waals surface area contributed by atoms with Crippen LogP contribution in [0, 0.1) is 6.92 Å².